The highest BCUT2D eigenvalue weighted by molar-refractivity contribution is 6.12. The lowest BCUT2D eigenvalue weighted by Crippen LogP contribution is -2.40. The molecule has 0 radical (unpaired) electrons. The van der Waals surface area contributed by atoms with Crippen LogP contribution in [0, 0.1) is 5.41 Å². The zero-order chi connectivity index (χ0) is 27.5. The van der Waals surface area contributed by atoms with E-state index in [9.17, 15) is 28.8 Å². The molecule has 0 aromatic carbocycles. The quantitative estimate of drug-likeness (QED) is 0.215. The Morgan fingerprint density at radius 2 is 1.63 bits per heavy atom. The number of nitrogens with one attached hydrogen (secondary N) is 1. The van der Waals surface area contributed by atoms with Crippen molar-refractivity contribution in [2.75, 3.05) is 39.5 Å². The number of nitrogens with zero attached hydrogens (tertiary/aromatic N) is 2. The topological polar surface area (TPSA) is 158 Å². The van der Waals surface area contributed by atoms with Gasteiger partial charge in [-0.1, -0.05) is 6.08 Å². The van der Waals surface area contributed by atoms with Crippen molar-refractivity contribution in [1.82, 2.24) is 15.3 Å². The van der Waals surface area contributed by atoms with E-state index in [0.717, 1.165) is 4.90 Å². The van der Waals surface area contributed by atoms with E-state index in [4.69, 9.17) is 19.0 Å². The first-order chi connectivity index (χ1) is 18.2. The third kappa shape index (κ3) is 8.21. The number of hydrogen-bond acceptors (Lipinski definition) is 10. The maximum atomic E-state index is 12.8. The van der Waals surface area contributed by atoms with Crippen molar-refractivity contribution < 1.29 is 47.8 Å². The zero-order valence-electron chi connectivity index (χ0n) is 21.3. The molecule has 2 aliphatic heterocycles. The fourth-order valence-corrected chi connectivity index (χ4v) is 4.02. The van der Waals surface area contributed by atoms with Gasteiger partial charge < -0.3 is 24.4 Å². The molecule has 0 saturated carbocycles. The monoisotopic (exact) mass is 535 g/mol. The van der Waals surface area contributed by atoms with E-state index in [2.05, 4.69) is 5.32 Å². The van der Waals surface area contributed by atoms with Crippen LogP contribution in [-0.4, -0.2) is 91.3 Å². The number of hydrogen-bond donors (Lipinski definition) is 1. The van der Waals surface area contributed by atoms with E-state index in [0.29, 0.717) is 30.7 Å². The summed E-state index contributed by atoms with van der Waals surface area (Å²) in [5.74, 6) is -2.43. The standard InChI is InChI=1S/C25H33N3O10/c1-25(23(33)38-28-21(31)7-8-22(28)32)10-3-2-4-18(9-11-25)37-24(34)26-12-14-35-16-17-36-15-13-27-19(29)5-6-20(27)30/h2,4-6,18H,3,7-17H2,1H3,(H,26,34). The molecule has 0 aromatic rings. The Morgan fingerprint density at radius 3 is 2.32 bits per heavy atom. The van der Waals surface area contributed by atoms with Crippen LogP contribution in [0.15, 0.2) is 24.3 Å². The van der Waals surface area contributed by atoms with E-state index < -0.39 is 35.4 Å². The van der Waals surface area contributed by atoms with Crippen molar-refractivity contribution in [3.63, 3.8) is 0 Å². The average molecular weight is 536 g/mol. The summed E-state index contributed by atoms with van der Waals surface area (Å²) in [6.45, 7) is 3.05. The minimum Gasteiger partial charge on any atom is -0.442 e. The van der Waals surface area contributed by atoms with Crippen molar-refractivity contribution >= 4 is 35.7 Å². The molecule has 13 nitrogen and oxygen atoms in total. The Bertz CT molecular complexity index is 960. The lowest BCUT2D eigenvalue weighted by atomic mass is 9.79. The molecule has 3 aliphatic rings. The van der Waals surface area contributed by atoms with Crippen LogP contribution in [0.2, 0.25) is 0 Å². The molecule has 5 amide bonds. The maximum Gasteiger partial charge on any atom is 0.407 e. The Hall–Kier alpha value is -3.58. The summed E-state index contributed by atoms with van der Waals surface area (Å²) in [4.78, 5) is 77.5. The maximum absolute atomic E-state index is 12.8. The molecule has 0 spiro atoms. The Kier molecular flexibility index (Phi) is 10.5. The Balaban J connectivity index is 1.27. The summed E-state index contributed by atoms with van der Waals surface area (Å²) >= 11 is 0. The number of carbonyl (C=O) groups excluding carboxylic acids is 6. The summed E-state index contributed by atoms with van der Waals surface area (Å²) in [7, 11) is 0. The van der Waals surface area contributed by atoms with Crippen LogP contribution in [0.4, 0.5) is 4.79 Å². The van der Waals surface area contributed by atoms with Gasteiger partial charge in [0.1, 0.15) is 6.10 Å². The number of alkyl carbamates (subject to hydrolysis) is 1. The summed E-state index contributed by atoms with van der Waals surface area (Å²) in [6.07, 6.45) is 6.58. The molecule has 3 rings (SSSR count). The number of rotatable bonds is 12. The van der Waals surface area contributed by atoms with Gasteiger partial charge in [-0.2, -0.15) is 0 Å². The van der Waals surface area contributed by atoms with Crippen molar-refractivity contribution in [1.29, 1.82) is 0 Å². The van der Waals surface area contributed by atoms with Crippen molar-refractivity contribution in [3.8, 4) is 0 Å². The predicted molar refractivity (Wildman–Crippen MR) is 129 cm³/mol. The summed E-state index contributed by atoms with van der Waals surface area (Å²) in [6, 6.07) is 0. The van der Waals surface area contributed by atoms with Gasteiger partial charge in [-0.3, -0.25) is 24.1 Å². The van der Waals surface area contributed by atoms with Gasteiger partial charge in [0.25, 0.3) is 23.6 Å². The van der Waals surface area contributed by atoms with Crippen LogP contribution >= 0.6 is 0 Å². The van der Waals surface area contributed by atoms with Crippen LogP contribution in [0.3, 0.4) is 0 Å². The molecule has 2 heterocycles. The third-order valence-corrected chi connectivity index (χ3v) is 6.37. The second-order valence-electron chi connectivity index (χ2n) is 9.28. The SMILES string of the molecule is CC1(C(=O)ON2C(=O)CCC2=O)CCC=CC(OC(=O)NCCOCCOCCN2C(=O)C=CC2=O)CC1. The molecule has 2 unspecified atom stereocenters. The van der Waals surface area contributed by atoms with Gasteiger partial charge in [0.2, 0.25) is 0 Å². The zero-order valence-corrected chi connectivity index (χ0v) is 21.3. The highest BCUT2D eigenvalue weighted by atomic mass is 16.7. The molecule has 0 bridgehead atoms. The predicted octanol–water partition coefficient (Wildman–Crippen LogP) is 0.783. The normalized spacial score (nSPS) is 23.6. The van der Waals surface area contributed by atoms with Gasteiger partial charge in [0, 0.05) is 31.5 Å². The Morgan fingerprint density at radius 1 is 0.974 bits per heavy atom. The fraction of sp³-hybridized carbons (Fsp3) is 0.600. The van der Waals surface area contributed by atoms with E-state index in [1.54, 1.807) is 13.0 Å². The highest BCUT2D eigenvalue weighted by Gasteiger charge is 2.41. The lowest BCUT2D eigenvalue weighted by molar-refractivity contribution is -0.205. The molecule has 1 fully saturated rings. The minimum absolute atomic E-state index is 0.0265. The van der Waals surface area contributed by atoms with Gasteiger partial charge in [-0.25, -0.2) is 9.59 Å². The van der Waals surface area contributed by atoms with Crippen LogP contribution in [0.1, 0.15) is 45.4 Å². The van der Waals surface area contributed by atoms with Crippen LogP contribution in [0.25, 0.3) is 0 Å². The summed E-state index contributed by atoms with van der Waals surface area (Å²) in [5.41, 5.74) is -0.946. The molecular weight excluding hydrogens is 502 g/mol. The molecule has 208 valence electrons. The van der Waals surface area contributed by atoms with Gasteiger partial charge in [-0.15, -0.1) is 5.06 Å². The minimum atomic E-state index is -0.946. The largest absolute Gasteiger partial charge is 0.442 e. The van der Waals surface area contributed by atoms with Crippen molar-refractivity contribution in [3.05, 3.63) is 24.3 Å². The number of carbonyl (C=O) groups is 6. The van der Waals surface area contributed by atoms with Crippen LogP contribution in [-0.2, 0) is 43.0 Å². The van der Waals surface area contributed by atoms with Crippen molar-refractivity contribution in [2.45, 2.75) is 51.6 Å². The molecule has 1 saturated heterocycles. The van der Waals surface area contributed by atoms with Crippen LogP contribution < -0.4 is 5.32 Å². The van der Waals surface area contributed by atoms with Crippen LogP contribution in [0.5, 0.6) is 0 Å². The van der Waals surface area contributed by atoms with Gasteiger partial charge in [-0.05, 0) is 38.7 Å². The smallest absolute Gasteiger partial charge is 0.407 e. The average Bonchev–Trinajstić information content (AvgIpc) is 3.37. The van der Waals surface area contributed by atoms with Gasteiger partial charge >= 0.3 is 12.1 Å². The Labute approximate surface area is 220 Å². The fourth-order valence-electron chi connectivity index (χ4n) is 4.02. The first-order valence-electron chi connectivity index (χ1n) is 12.6. The summed E-state index contributed by atoms with van der Waals surface area (Å²) in [5, 5.41) is 3.14. The number of allylic oxidation sites excluding steroid dienone is 1. The lowest BCUT2D eigenvalue weighted by Gasteiger charge is -2.30. The molecule has 38 heavy (non-hydrogen) atoms. The first-order valence-corrected chi connectivity index (χ1v) is 12.6. The molecule has 13 heteroatoms. The number of ether oxygens (including phenoxy) is 3. The van der Waals surface area contributed by atoms with Crippen molar-refractivity contribution in [2.24, 2.45) is 5.41 Å². The second-order valence-corrected chi connectivity index (χ2v) is 9.28. The third-order valence-electron chi connectivity index (χ3n) is 6.37. The highest BCUT2D eigenvalue weighted by Crippen LogP contribution is 2.34. The molecular formula is C25H33N3O10. The summed E-state index contributed by atoms with van der Waals surface area (Å²) < 4.78 is 16.2. The second kappa shape index (κ2) is 13.8. The molecule has 1 N–H and O–H groups in total. The first kappa shape index (κ1) is 29.0. The number of amides is 5. The molecule has 0 aromatic heterocycles. The van der Waals surface area contributed by atoms with E-state index >= 15 is 0 Å². The van der Waals surface area contributed by atoms with Gasteiger partial charge in [0.05, 0.1) is 38.4 Å². The molecule has 2 atom stereocenters. The van der Waals surface area contributed by atoms with Gasteiger partial charge in [0.15, 0.2) is 0 Å². The van der Waals surface area contributed by atoms with E-state index in [1.165, 1.54) is 12.2 Å². The number of imide groups is 2. The molecule has 1 aliphatic carbocycles. The van der Waals surface area contributed by atoms with E-state index in [-0.39, 0.29) is 64.2 Å². The van der Waals surface area contributed by atoms with E-state index in [1.807, 2.05) is 6.08 Å². The number of hydroxylamine groups is 2.